The predicted molar refractivity (Wildman–Crippen MR) is 109 cm³/mol. The summed E-state index contributed by atoms with van der Waals surface area (Å²) < 4.78 is 1.98. The molecule has 146 valence electrons. The van der Waals surface area contributed by atoms with E-state index in [-0.39, 0.29) is 17.2 Å². The summed E-state index contributed by atoms with van der Waals surface area (Å²) in [5.41, 5.74) is 4.84. The van der Waals surface area contributed by atoms with Crippen molar-refractivity contribution in [1.82, 2.24) is 24.9 Å². The second-order valence-electron chi connectivity index (χ2n) is 6.52. The van der Waals surface area contributed by atoms with Gasteiger partial charge < -0.3 is 0 Å². The maximum atomic E-state index is 12.9. The lowest BCUT2D eigenvalue weighted by atomic mass is 10.1. The summed E-state index contributed by atoms with van der Waals surface area (Å²) >= 11 is 2.56. The Kier molecular flexibility index (Phi) is 5.72. The van der Waals surface area contributed by atoms with Crippen molar-refractivity contribution in [1.29, 1.82) is 0 Å². The van der Waals surface area contributed by atoms with Crippen molar-refractivity contribution in [3.63, 3.8) is 0 Å². The molecule has 0 bridgehead atoms. The quantitative estimate of drug-likeness (QED) is 0.265. The smallest absolute Gasteiger partial charge is 0.279 e. The molecule has 0 radical (unpaired) electrons. The summed E-state index contributed by atoms with van der Waals surface area (Å²) in [7, 11) is 0. The third-order valence-corrected chi connectivity index (χ3v) is 6.71. The van der Waals surface area contributed by atoms with E-state index in [0.717, 1.165) is 37.2 Å². The van der Waals surface area contributed by atoms with Gasteiger partial charge in [0.15, 0.2) is 4.34 Å². The molecule has 0 spiro atoms. The van der Waals surface area contributed by atoms with Crippen molar-refractivity contribution in [2.24, 2.45) is 5.84 Å². The number of amides is 1. The number of aromatic nitrogens is 3. The minimum Gasteiger partial charge on any atom is -0.298 e. The molecule has 0 fully saturated rings. The number of carbonyl (C=O) groups is 1. The van der Waals surface area contributed by atoms with E-state index in [1.54, 1.807) is 0 Å². The number of hydrazine groups is 1. The molecule has 0 saturated heterocycles. The Morgan fingerprint density at radius 2 is 2.14 bits per heavy atom. The zero-order chi connectivity index (χ0) is 19.5. The van der Waals surface area contributed by atoms with Crippen LogP contribution < -0.4 is 16.8 Å². The molecule has 1 amide bonds. The second-order valence-corrected chi connectivity index (χ2v) is 8.70. The molecule has 1 aliphatic rings. The molecule has 3 aromatic rings. The minimum absolute atomic E-state index is 0.115. The van der Waals surface area contributed by atoms with Gasteiger partial charge in [-0.1, -0.05) is 53.4 Å². The molecule has 2 aromatic heterocycles. The molecule has 3 heterocycles. The number of carbonyl (C=O) groups excluding carboxylic acids is 1. The molecule has 1 aromatic carbocycles. The van der Waals surface area contributed by atoms with Crippen molar-refractivity contribution in [3.8, 4) is 0 Å². The van der Waals surface area contributed by atoms with Gasteiger partial charge in [-0.25, -0.2) is 10.8 Å². The maximum absolute atomic E-state index is 12.9. The predicted octanol–water partition coefficient (Wildman–Crippen LogP) is 0.834. The number of nitrogens with one attached hydrogen (secondary N) is 1. The summed E-state index contributed by atoms with van der Waals surface area (Å²) in [5, 5.41) is 4.33. The van der Waals surface area contributed by atoms with Gasteiger partial charge in [-0.2, -0.15) is 4.52 Å². The molecule has 0 unspecified atom stereocenters. The minimum atomic E-state index is -0.294. The van der Waals surface area contributed by atoms with Gasteiger partial charge in [0.1, 0.15) is 0 Å². The van der Waals surface area contributed by atoms with Crippen molar-refractivity contribution in [2.75, 3.05) is 18.8 Å². The van der Waals surface area contributed by atoms with Crippen LogP contribution in [0.4, 0.5) is 0 Å². The third kappa shape index (κ3) is 4.09. The van der Waals surface area contributed by atoms with E-state index >= 15 is 0 Å². The number of nitrogens with zero attached hydrogens (tertiary/aromatic N) is 4. The molecule has 0 atom stereocenters. The first-order chi connectivity index (χ1) is 13.6. The molecule has 28 heavy (non-hydrogen) atoms. The number of rotatable bonds is 6. The standard InChI is InChI=1S/C18H20N6O2S2/c19-21-15(25)11-27-18-22-24-16(26)13-10-23(8-6-12-4-2-1-3-5-12)9-7-14(13)20-17(24)28-18/h1-5H,6-11,19H2,(H,21,25). The molecule has 3 N–H and O–H groups in total. The van der Waals surface area contributed by atoms with Gasteiger partial charge in [-0.15, -0.1) is 5.10 Å². The van der Waals surface area contributed by atoms with E-state index in [2.05, 4.69) is 32.5 Å². The van der Waals surface area contributed by atoms with Crippen LogP contribution in [-0.2, 0) is 24.2 Å². The van der Waals surface area contributed by atoms with Crippen LogP contribution in [0.1, 0.15) is 16.8 Å². The SMILES string of the molecule is NNC(=O)CSc1nn2c(=O)c3c(nc2s1)CCN(CCc1ccccc1)C3. The van der Waals surface area contributed by atoms with Gasteiger partial charge in [0, 0.05) is 26.1 Å². The van der Waals surface area contributed by atoms with Crippen LogP contribution in [0.15, 0.2) is 39.5 Å². The molecular formula is C18H20N6O2S2. The van der Waals surface area contributed by atoms with Crippen LogP contribution in [0.2, 0.25) is 0 Å². The first-order valence-corrected chi connectivity index (χ1v) is 10.7. The number of nitrogens with two attached hydrogens (primary N) is 1. The Hall–Kier alpha value is -2.27. The highest BCUT2D eigenvalue weighted by Crippen LogP contribution is 2.24. The summed E-state index contributed by atoms with van der Waals surface area (Å²) in [5.74, 6) is 4.95. The van der Waals surface area contributed by atoms with E-state index in [9.17, 15) is 9.59 Å². The van der Waals surface area contributed by atoms with Crippen molar-refractivity contribution in [2.45, 2.75) is 23.7 Å². The van der Waals surface area contributed by atoms with Crippen LogP contribution in [0.3, 0.4) is 0 Å². The summed E-state index contributed by atoms with van der Waals surface area (Å²) in [6.45, 7) is 2.38. The highest BCUT2D eigenvalue weighted by atomic mass is 32.2. The number of hydrogen-bond donors (Lipinski definition) is 2. The van der Waals surface area contributed by atoms with Gasteiger partial charge >= 0.3 is 0 Å². The lowest BCUT2D eigenvalue weighted by molar-refractivity contribution is -0.118. The number of fused-ring (bicyclic) bond motifs is 2. The Bertz CT molecular complexity index is 1050. The van der Waals surface area contributed by atoms with E-state index < -0.39 is 0 Å². The van der Waals surface area contributed by atoms with Gasteiger partial charge in [0.2, 0.25) is 10.9 Å². The Balaban J connectivity index is 1.50. The Morgan fingerprint density at radius 1 is 1.32 bits per heavy atom. The molecule has 10 heteroatoms. The van der Waals surface area contributed by atoms with Gasteiger partial charge in [-0.05, 0) is 12.0 Å². The molecule has 0 aliphatic carbocycles. The van der Waals surface area contributed by atoms with Gasteiger partial charge in [0.25, 0.3) is 5.56 Å². The fourth-order valence-electron chi connectivity index (χ4n) is 3.19. The van der Waals surface area contributed by atoms with Gasteiger partial charge in [-0.3, -0.25) is 19.9 Å². The topological polar surface area (TPSA) is 106 Å². The number of benzene rings is 1. The Morgan fingerprint density at radius 3 is 2.93 bits per heavy atom. The first kappa shape index (κ1) is 19.1. The van der Waals surface area contributed by atoms with Crippen LogP contribution in [0.25, 0.3) is 4.96 Å². The number of hydrogen-bond acceptors (Lipinski definition) is 8. The van der Waals surface area contributed by atoms with E-state index in [1.807, 2.05) is 18.2 Å². The van der Waals surface area contributed by atoms with Crippen LogP contribution in [0, 0.1) is 0 Å². The fourth-order valence-corrected chi connectivity index (χ4v) is 4.94. The highest BCUT2D eigenvalue weighted by Gasteiger charge is 2.23. The van der Waals surface area contributed by atoms with Gasteiger partial charge in [0.05, 0.1) is 17.0 Å². The van der Waals surface area contributed by atoms with E-state index in [0.29, 0.717) is 15.8 Å². The number of thioether (sulfide) groups is 1. The molecule has 4 rings (SSSR count). The largest absolute Gasteiger partial charge is 0.298 e. The van der Waals surface area contributed by atoms with E-state index in [4.69, 9.17) is 5.84 Å². The van der Waals surface area contributed by atoms with Crippen molar-refractivity contribution < 1.29 is 4.79 Å². The summed E-state index contributed by atoms with van der Waals surface area (Å²) in [4.78, 5) is 31.7. The summed E-state index contributed by atoms with van der Waals surface area (Å²) in [6, 6.07) is 10.3. The van der Waals surface area contributed by atoms with Crippen molar-refractivity contribution >= 4 is 34.0 Å². The highest BCUT2D eigenvalue weighted by molar-refractivity contribution is 8.01. The third-order valence-electron chi connectivity index (χ3n) is 4.66. The zero-order valence-corrected chi connectivity index (χ0v) is 16.8. The average Bonchev–Trinajstić information content (AvgIpc) is 3.15. The monoisotopic (exact) mass is 416 g/mol. The molecule has 0 saturated carbocycles. The van der Waals surface area contributed by atoms with Crippen LogP contribution in [-0.4, -0.2) is 44.2 Å². The average molecular weight is 417 g/mol. The Labute approximate surface area is 169 Å². The fraction of sp³-hybridized carbons (Fsp3) is 0.333. The maximum Gasteiger partial charge on any atom is 0.279 e. The zero-order valence-electron chi connectivity index (χ0n) is 15.1. The second kappa shape index (κ2) is 8.39. The summed E-state index contributed by atoms with van der Waals surface area (Å²) in [6.07, 6.45) is 1.71. The van der Waals surface area contributed by atoms with E-state index in [1.165, 1.54) is 33.2 Å². The molecule has 1 aliphatic heterocycles. The van der Waals surface area contributed by atoms with Crippen molar-refractivity contribution in [3.05, 3.63) is 57.5 Å². The van der Waals surface area contributed by atoms with Crippen LogP contribution >= 0.6 is 23.1 Å². The first-order valence-electron chi connectivity index (χ1n) is 8.94. The normalized spacial score (nSPS) is 14.2. The lowest BCUT2D eigenvalue weighted by Gasteiger charge is -2.27. The van der Waals surface area contributed by atoms with Crippen LogP contribution in [0.5, 0.6) is 0 Å². The lowest BCUT2D eigenvalue weighted by Crippen LogP contribution is -2.37. The molecular weight excluding hydrogens is 396 g/mol. The molecule has 8 nitrogen and oxygen atoms in total.